The van der Waals surface area contributed by atoms with Gasteiger partial charge in [-0.2, -0.15) is 5.10 Å². The molecule has 1 aromatic carbocycles. The Morgan fingerprint density at radius 1 is 1.26 bits per heavy atom. The lowest BCUT2D eigenvalue weighted by Crippen LogP contribution is -2.13. The first-order valence-electron chi connectivity index (χ1n) is 6.32. The number of benzene rings is 1. The summed E-state index contributed by atoms with van der Waals surface area (Å²) in [6.45, 7) is 2.10. The molecule has 0 atom stereocenters. The van der Waals surface area contributed by atoms with Gasteiger partial charge in [0.2, 0.25) is 0 Å². The van der Waals surface area contributed by atoms with Crippen molar-refractivity contribution in [3.8, 4) is 11.4 Å². The molecule has 2 heterocycles. The van der Waals surface area contributed by atoms with Crippen LogP contribution < -0.4 is 5.69 Å². The quantitative estimate of drug-likeness (QED) is 0.778. The Morgan fingerprint density at radius 2 is 2.05 bits per heavy atom. The Bertz CT molecular complexity index is 758. The van der Waals surface area contributed by atoms with Crippen LogP contribution in [0.3, 0.4) is 0 Å². The molecule has 0 amide bonds. The van der Waals surface area contributed by atoms with Crippen LogP contribution in [0, 0.1) is 0 Å². The SMILES string of the molecule is CCCc1cc2n[nH]c(=O)n2c(-c2ccccc2)n1. The lowest BCUT2D eigenvalue weighted by atomic mass is 10.2. The minimum absolute atomic E-state index is 0.260. The smallest absolute Gasteiger partial charge is 0.246 e. The van der Waals surface area contributed by atoms with Gasteiger partial charge < -0.3 is 0 Å². The van der Waals surface area contributed by atoms with Crippen LogP contribution in [0.1, 0.15) is 19.0 Å². The van der Waals surface area contributed by atoms with Gasteiger partial charge in [0.15, 0.2) is 5.65 Å². The van der Waals surface area contributed by atoms with E-state index >= 15 is 0 Å². The molecule has 0 aliphatic rings. The standard InChI is InChI=1S/C14H14N4O/c1-2-6-11-9-12-16-17-14(19)18(12)13(15-11)10-7-4-3-5-8-10/h3-5,7-9H,2,6H2,1H3,(H,17,19). The molecule has 0 unspecified atom stereocenters. The molecular formula is C14H14N4O. The molecule has 3 aromatic rings. The number of rotatable bonds is 3. The van der Waals surface area contributed by atoms with Crippen molar-refractivity contribution in [3.63, 3.8) is 0 Å². The van der Waals surface area contributed by atoms with Gasteiger partial charge in [-0.15, -0.1) is 0 Å². The molecule has 1 N–H and O–H groups in total. The highest BCUT2D eigenvalue weighted by molar-refractivity contribution is 5.59. The van der Waals surface area contributed by atoms with E-state index < -0.39 is 0 Å². The van der Waals surface area contributed by atoms with Gasteiger partial charge in [0.25, 0.3) is 0 Å². The molecule has 0 aliphatic heterocycles. The summed E-state index contributed by atoms with van der Waals surface area (Å²) >= 11 is 0. The first-order chi connectivity index (χ1) is 9.29. The highest BCUT2D eigenvalue weighted by atomic mass is 16.1. The molecule has 0 saturated heterocycles. The first kappa shape index (κ1) is 11.6. The Labute approximate surface area is 109 Å². The summed E-state index contributed by atoms with van der Waals surface area (Å²) in [5.74, 6) is 0.639. The van der Waals surface area contributed by atoms with E-state index in [-0.39, 0.29) is 5.69 Å². The molecule has 19 heavy (non-hydrogen) atoms. The molecule has 0 radical (unpaired) electrons. The number of hydrogen-bond donors (Lipinski definition) is 1. The number of hydrogen-bond acceptors (Lipinski definition) is 3. The number of aryl methyl sites for hydroxylation is 1. The summed E-state index contributed by atoms with van der Waals surface area (Å²) < 4.78 is 1.51. The van der Waals surface area contributed by atoms with Gasteiger partial charge >= 0.3 is 5.69 Å². The van der Waals surface area contributed by atoms with Gasteiger partial charge in [-0.25, -0.2) is 19.3 Å². The molecule has 0 aliphatic carbocycles. The number of aromatic nitrogens is 4. The van der Waals surface area contributed by atoms with E-state index in [4.69, 9.17) is 0 Å². The van der Waals surface area contributed by atoms with E-state index in [1.54, 1.807) is 0 Å². The van der Waals surface area contributed by atoms with E-state index in [1.807, 2.05) is 36.4 Å². The third-order valence-electron chi connectivity index (χ3n) is 2.99. The normalized spacial score (nSPS) is 11.0. The Morgan fingerprint density at radius 3 is 2.79 bits per heavy atom. The van der Waals surface area contributed by atoms with E-state index in [1.165, 1.54) is 4.40 Å². The molecule has 0 fully saturated rings. The largest absolute Gasteiger partial charge is 0.349 e. The fourth-order valence-electron chi connectivity index (χ4n) is 2.14. The predicted octanol–water partition coefficient (Wildman–Crippen LogP) is 2.04. The fourth-order valence-corrected chi connectivity index (χ4v) is 2.14. The van der Waals surface area contributed by atoms with Crippen molar-refractivity contribution < 1.29 is 0 Å². The lowest BCUT2D eigenvalue weighted by Gasteiger charge is -2.06. The second kappa shape index (κ2) is 4.68. The maximum absolute atomic E-state index is 11.8. The zero-order chi connectivity index (χ0) is 13.2. The predicted molar refractivity (Wildman–Crippen MR) is 73.0 cm³/mol. The van der Waals surface area contributed by atoms with Crippen molar-refractivity contribution in [3.05, 3.63) is 52.6 Å². The second-order valence-corrected chi connectivity index (χ2v) is 4.41. The summed E-state index contributed by atoms with van der Waals surface area (Å²) in [7, 11) is 0. The average molecular weight is 254 g/mol. The zero-order valence-corrected chi connectivity index (χ0v) is 10.6. The zero-order valence-electron chi connectivity index (χ0n) is 10.6. The molecule has 5 heteroatoms. The highest BCUT2D eigenvalue weighted by Gasteiger charge is 2.11. The van der Waals surface area contributed by atoms with Crippen molar-refractivity contribution >= 4 is 5.65 Å². The number of H-pyrrole nitrogens is 1. The Balaban J connectivity index is 2.31. The van der Waals surface area contributed by atoms with E-state index in [0.29, 0.717) is 11.5 Å². The van der Waals surface area contributed by atoms with Gasteiger partial charge in [-0.05, 0) is 6.42 Å². The van der Waals surface area contributed by atoms with Gasteiger partial charge in [-0.1, -0.05) is 43.7 Å². The molecular weight excluding hydrogens is 240 g/mol. The van der Waals surface area contributed by atoms with E-state index in [9.17, 15) is 4.79 Å². The van der Waals surface area contributed by atoms with Crippen molar-refractivity contribution in [2.24, 2.45) is 0 Å². The van der Waals surface area contributed by atoms with Crippen LogP contribution in [0.4, 0.5) is 0 Å². The maximum atomic E-state index is 11.8. The number of nitrogens with zero attached hydrogens (tertiary/aromatic N) is 3. The van der Waals surface area contributed by atoms with Gasteiger partial charge in [0.1, 0.15) is 5.82 Å². The molecule has 2 aromatic heterocycles. The van der Waals surface area contributed by atoms with Crippen molar-refractivity contribution in [2.75, 3.05) is 0 Å². The number of nitrogens with one attached hydrogen (secondary N) is 1. The van der Waals surface area contributed by atoms with Crippen molar-refractivity contribution in [1.82, 2.24) is 19.6 Å². The Kier molecular flexibility index (Phi) is 2.87. The van der Waals surface area contributed by atoms with Crippen LogP contribution in [-0.4, -0.2) is 19.6 Å². The van der Waals surface area contributed by atoms with Crippen LogP contribution in [0.5, 0.6) is 0 Å². The monoisotopic (exact) mass is 254 g/mol. The van der Waals surface area contributed by atoms with Crippen LogP contribution in [0.25, 0.3) is 17.0 Å². The first-order valence-corrected chi connectivity index (χ1v) is 6.32. The highest BCUT2D eigenvalue weighted by Crippen LogP contribution is 2.17. The minimum atomic E-state index is -0.260. The maximum Gasteiger partial charge on any atom is 0.349 e. The van der Waals surface area contributed by atoms with E-state index in [0.717, 1.165) is 24.1 Å². The lowest BCUT2D eigenvalue weighted by molar-refractivity contribution is 0.869. The summed E-state index contributed by atoms with van der Waals surface area (Å²) in [5, 5.41) is 6.51. The average Bonchev–Trinajstić information content (AvgIpc) is 2.81. The minimum Gasteiger partial charge on any atom is -0.246 e. The fraction of sp³-hybridized carbons (Fsp3) is 0.214. The second-order valence-electron chi connectivity index (χ2n) is 4.41. The topological polar surface area (TPSA) is 63.0 Å². The summed E-state index contributed by atoms with van der Waals surface area (Å²) in [5.41, 5.74) is 2.22. The molecule has 3 rings (SSSR count). The molecule has 96 valence electrons. The molecule has 0 saturated carbocycles. The number of aromatic amines is 1. The van der Waals surface area contributed by atoms with Gasteiger partial charge in [0, 0.05) is 17.3 Å². The summed E-state index contributed by atoms with van der Waals surface area (Å²) in [6.07, 6.45) is 1.88. The van der Waals surface area contributed by atoms with Crippen LogP contribution >= 0.6 is 0 Å². The third kappa shape index (κ3) is 2.03. The summed E-state index contributed by atoms with van der Waals surface area (Å²) in [6, 6.07) is 11.5. The van der Waals surface area contributed by atoms with Gasteiger partial charge in [-0.3, -0.25) is 0 Å². The van der Waals surface area contributed by atoms with E-state index in [2.05, 4.69) is 22.1 Å². The Hall–Kier alpha value is -2.43. The van der Waals surface area contributed by atoms with Crippen molar-refractivity contribution in [1.29, 1.82) is 0 Å². The van der Waals surface area contributed by atoms with Crippen LogP contribution in [-0.2, 0) is 6.42 Å². The van der Waals surface area contributed by atoms with Crippen LogP contribution in [0.15, 0.2) is 41.2 Å². The number of fused-ring (bicyclic) bond motifs is 1. The van der Waals surface area contributed by atoms with Gasteiger partial charge in [0.05, 0.1) is 0 Å². The van der Waals surface area contributed by atoms with Crippen LogP contribution in [0.2, 0.25) is 0 Å². The molecule has 0 bridgehead atoms. The van der Waals surface area contributed by atoms with Crippen molar-refractivity contribution in [2.45, 2.75) is 19.8 Å². The summed E-state index contributed by atoms with van der Waals surface area (Å²) in [4.78, 5) is 16.4. The molecule has 0 spiro atoms. The third-order valence-corrected chi connectivity index (χ3v) is 2.99. The molecule has 5 nitrogen and oxygen atoms in total.